The summed E-state index contributed by atoms with van der Waals surface area (Å²) < 4.78 is 8.05. The minimum atomic E-state index is -0.779. The van der Waals surface area contributed by atoms with Crippen LogP contribution in [0.25, 0.3) is 33.6 Å². The van der Waals surface area contributed by atoms with Crippen LogP contribution in [0, 0.1) is 6.92 Å². The van der Waals surface area contributed by atoms with Crippen LogP contribution < -0.4 is 16.5 Å². The van der Waals surface area contributed by atoms with E-state index in [9.17, 15) is 14.4 Å². The summed E-state index contributed by atoms with van der Waals surface area (Å²) in [7, 11) is 0. The third-order valence-corrected chi connectivity index (χ3v) is 5.91. The molecule has 11 nitrogen and oxygen atoms in total. The quantitative estimate of drug-likeness (QED) is 0.343. The van der Waals surface area contributed by atoms with Crippen molar-refractivity contribution in [1.29, 1.82) is 0 Å². The van der Waals surface area contributed by atoms with Crippen LogP contribution in [-0.2, 0) is 0 Å². The molecule has 0 saturated carbocycles. The van der Waals surface area contributed by atoms with Gasteiger partial charge in [-0.3, -0.25) is 14.6 Å². The molecular formula is C25H16ClN7O4. The molecule has 0 aliphatic rings. The standard InChI is InChI=1S/C25H16ClN7O4/c1-13-10-20(28-22(34)17-11-14-4-2-3-5-19(14)37-24(17)36)33(31-13)25-29-21-18(23(35)30-25)12-27-32(21)16-8-6-15(26)7-9-16/h2-12H,1H3,(H,28,34)(H,29,30,35). The molecule has 6 aromatic rings. The van der Waals surface area contributed by atoms with Gasteiger partial charge >= 0.3 is 5.63 Å². The number of anilines is 1. The van der Waals surface area contributed by atoms with E-state index < -0.39 is 17.1 Å². The van der Waals surface area contributed by atoms with Crippen molar-refractivity contribution >= 4 is 45.3 Å². The van der Waals surface area contributed by atoms with E-state index in [0.717, 1.165) is 0 Å². The van der Waals surface area contributed by atoms with Gasteiger partial charge in [-0.05, 0) is 43.3 Å². The van der Waals surface area contributed by atoms with Gasteiger partial charge in [0.1, 0.15) is 22.4 Å². The summed E-state index contributed by atoms with van der Waals surface area (Å²) in [5, 5.41) is 12.7. The Morgan fingerprint density at radius 2 is 1.84 bits per heavy atom. The Morgan fingerprint density at radius 1 is 1.05 bits per heavy atom. The van der Waals surface area contributed by atoms with Gasteiger partial charge in [-0.15, -0.1) is 0 Å². The molecular weight excluding hydrogens is 498 g/mol. The largest absolute Gasteiger partial charge is 0.422 e. The van der Waals surface area contributed by atoms with Crippen molar-refractivity contribution in [2.75, 3.05) is 5.32 Å². The van der Waals surface area contributed by atoms with Gasteiger partial charge in [-0.2, -0.15) is 19.9 Å². The molecule has 0 spiro atoms. The zero-order valence-electron chi connectivity index (χ0n) is 19.1. The lowest BCUT2D eigenvalue weighted by atomic mass is 10.2. The van der Waals surface area contributed by atoms with Gasteiger partial charge in [0.15, 0.2) is 5.65 Å². The number of hydrogen-bond donors (Lipinski definition) is 2. The number of halogens is 1. The Bertz CT molecular complexity index is 1950. The number of nitrogens with one attached hydrogen (secondary N) is 2. The van der Waals surface area contributed by atoms with Gasteiger partial charge < -0.3 is 9.73 Å². The maximum absolute atomic E-state index is 13.0. The molecule has 1 amide bonds. The van der Waals surface area contributed by atoms with E-state index in [1.54, 1.807) is 61.5 Å². The monoisotopic (exact) mass is 513 g/mol. The number of carbonyl (C=O) groups is 1. The Hall–Kier alpha value is -5.03. The van der Waals surface area contributed by atoms with Crippen molar-refractivity contribution in [3.8, 4) is 11.6 Å². The number of amides is 1. The highest BCUT2D eigenvalue weighted by Gasteiger charge is 2.19. The van der Waals surface area contributed by atoms with Gasteiger partial charge in [-0.1, -0.05) is 29.8 Å². The van der Waals surface area contributed by atoms with Gasteiger partial charge in [-0.25, -0.2) is 9.48 Å². The van der Waals surface area contributed by atoms with E-state index >= 15 is 0 Å². The number of benzene rings is 2. The molecule has 0 radical (unpaired) electrons. The maximum atomic E-state index is 13.0. The zero-order valence-corrected chi connectivity index (χ0v) is 19.9. The van der Waals surface area contributed by atoms with E-state index in [4.69, 9.17) is 16.0 Å². The van der Waals surface area contributed by atoms with Crippen molar-refractivity contribution in [3.63, 3.8) is 0 Å². The highest BCUT2D eigenvalue weighted by Crippen LogP contribution is 2.20. The normalized spacial score (nSPS) is 11.3. The molecule has 0 bridgehead atoms. The molecule has 0 atom stereocenters. The van der Waals surface area contributed by atoms with Gasteiger partial charge in [0.05, 0.1) is 17.6 Å². The molecule has 37 heavy (non-hydrogen) atoms. The van der Waals surface area contributed by atoms with Crippen LogP contribution in [0.1, 0.15) is 16.1 Å². The number of aryl methyl sites for hydroxylation is 1. The second kappa shape index (κ2) is 8.57. The summed E-state index contributed by atoms with van der Waals surface area (Å²) in [4.78, 5) is 45.6. The summed E-state index contributed by atoms with van der Waals surface area (Å²) in [6.45, 7) is 1.71. The summed E-state index contributed by atoms with van der Waals surface area (Å²) in [6.07, 6.45) is 1.41. The third-order valence-electron chi connectivity index (χ3n) is 5.66. The highest BCUT2D eigenvalue weighted by molar-refractivity contribution is 6.30. The van der Waals surface area contributed by atoms with Crippen molar-refractivity contribution in [2.45, 2.75) is 6.92 Å². The minimum Gasteiger partial charge on any atom is -0.422 e. The summed E-state index contributed by atoms with van der Waals surface area (Å²) in [5.74, 6) is -0.465. The molecule has 0 aliphatic heterocycles. The number of nitrogens with zero attached hydrogens (tertiary/aromatic N) is 5. The summed E-state index contributed by atoms with van der Waals surface area (Å²) in [6, 6.07) is 16.8. The topological polar surface area (TPSA) is 141 Å². The Labute approximate surface area is 211 Å². The van der Waals surface area contributed by atoms with E-state index in [2.05, 4.69) is 25.5 Å². The predicted octanol–water partition coefficient (Wildman–Crippen LogP) is 3.62. The fourth-order valence-electron chi connectivity index (χ4n) is 3.93. The lowest BCUT2D eigenvalue weighted by Crippen LogP contribution is -2.23. The average molecular weight is 514 g/mol. The Morgan fingerprint density at radius 3 is 2.65 bits per heavy atom. The molecule has 6 rings (SSSR count). The van der Waals surface area contributed by atoms with Crippen LogP contribution in [-0.4, -0.2) is 35.4 Å². The van der Waals surface area contributed by atoms with Gasteiger partial charge in [0.25, 0.3) is 11.5 Å². The zero-order chi connectivity index (χ0) is 25.7. The first-order valence-electron chi connectivity index (χ1n) is 11.0. The number of rotatable bonds is 4. The second-order valence-corrected chi connectivity index (χ2v) is 8.62. The van der Waals surface area contributed by atoms with Gasteiger partial charge in [0.2, 0.25) is 5.95 Å². The van der Waals surface area contributed by atoms with E-state index in [1.807, 2.05) is 0 Å². The van der Waals surface area contributed by atoms with Crippen molar-refractivity contribution in [1.82, 2.24) is 29.5 Å². The Kier molecular flexibility index (Phi) is 5.20. The van der Waals surface area contributed by atoms with Crippen molar-refractivity contribution in [2.24, 2.45) is 0 Å². The van der Waals surface area contributed by atoms with Gasteiger partial charge in [0, 0.05) is 16.5 Å². The molecule has 0 fully saturated rings. The number of hydrogen-bond acceptors (Lipinski definition) is 7. The molecule has 2 aromatic carbocycles. The minimum absolute atomic E-state index is 0.0437. The first-order valence-corrected chi connectivity index (χ1v) is 11.4. The second-order valence-electron chi connectivity index (χ2n) is 8.18. The van der Waals surface area contributed by atoms with Crippen LogP contribution in [0.2, 0.25) is 5.02 Å². The average Bonchev–Trinajstić information content (AvgIpc) is 3.47. The number of H-pyrrole nitrogens is 1. The van der Waals surface area contributed by atoms with Crippen LogP contribution in [0.4, 0.5) is 5.82 Å². The van der Waals surface area contributed by atoms with Crippen LogP contribution in [0.3, 0.4) is 0 Å². The Balaban J connectivity index is 1.42. The predicted molar refractivity (Wildman–Crippen MR) is 137 cm³/mol. The first kappa shape index (κ1) is 22.4. The molecule has 182 valence electrons. The van der Waals surface area contributed by atoms with Crippen LogP contribution in [0.15, 0.2) is 80.9 Å². The van der Waals surface area contributed by atoms with Crippen LogP contribution >= 0.6 is 11.6 Å². The van der Waals surface area contributed by atoms with Crippen LogP contribution in [0.5, 0.6) is 0 Å². The highest BCUT2D eigenvalue weighted by atomic mass is 35.5. The number of para-hydroxylation sites is 1. The first-order chi connectivity index (χ1) is 17.9. The fourth-order valence-corrected chi connectivity index (χ4v) is 4.06. The molecule has 2 N–H and O–H groups in total. The molecule has 4 aromatic heterocycles. The van der Waals surface area contributed by atoms with Crippen molar-refractivity contribution < 1.29 is 9.21 Å². The molecule has 0 aliphatic carbocycles. The maximum Gasteiger partial charge on any atom is 0.349 e. The number of carbonyl (C=O) groups excluding carboxylic acids is 1. The lowest BCUT2D eigenvalue weighted by molar-refractivity contribution is 0.102. The number of fused-ring (bicyclic) bond motifs is 2. The lowest BCUT2D eigenvalue weighted by Gasteiger charge is -2.09. The molecule has 0 saturated heterocycles. The molecule has 4 heterocycles. The number of aromatic nitrogens is 6. The van der Waals surface area contributed by atoms with E-state index in [0.29, 0.717) is 27.4 Å². The number of aromatic amines is 1. The summed E-state index contributed by atoms with van der Waals surface area (Å²) >= 11 is 5.99. The molecule has 12 heteroatoms. The summed E-state index contributed by atoms with van der Waals surface area (Å²) in [5.41, 5.74) is 0.437. The van der Waals surface area contributed by atoms with E-state index in [1.165, 1.54) is 21.6 Å². The smallest absolute Gasteiger partial charge is 0.349 e. The third kappa shape index (κ3) is 3.96. The SMILES string of the molecule is Cc1cc(NC(=O)c2cc3ccccc3oc2=O)n(-c2nc3c(cnn3-c3ccc(Cl)cc3)c(=O)[nH]2)n1. The van der Waals surface area contributed by atoms with Crippen molar-refractivity contribution in [3.05, 3.63) is 104 Å². The molecule has 0 unspecified atom stereocenters. The fraction of sp³-hybridized carbons (Fsp3) is 0.0400. The van der Waals surface area contributed by atoms with E-state index in [-0.39, 0.29) is 28.4 Å².